The smallest absolute Gasteiger partial charge is 0.244 e. The molecule has 0 bridgehead atoms. The van der Waals surface area contributed by atoms with Crippen LogP contribution >= 0.6 is 0 Å². The SMILES string of the molecule is CC(C)NC(=O)C1C(c2ccccc2)C(C(=O)c2ccccc2)C(c2ccccc2)N1S(=O)(=O)c1ccccc1. The van der Waals surface area contributed by atoms with Gasteiger partial charge in [-0.05, 0) is 37.1 Å². The van der Waals surface area contributed by atoms with Crippen molar-refractivity contribution in [3.63, 3.8) is 0 Å². The Morgan fingerprint density at radius 3 is 1.70 bits per heavy atom. The number of Topliss-reactive ketones (excluding diaryl/α,β-unsaturated/α-hetero) is 1. The van der Waals surface area contributed by atoms with Gasteiger partial charge in [-0.1, -0.05) is 109 Å². The van der Waals surface area contributed by atoms with Gasteiger partial charge in [-0.3, -0.25) is 9.59 Å². The number of nitrogens with zero attached hydrogens (tertiary/aromatic N) is 1. The zero-order chi connectivity index (χ0) is 28.3. The maximum absolute atomic E-state index is 14.5. The molecule has 40 heavy (non-hydrogen) atoms. The number of rotatable bonds is 8. The van der Waals surface area contributed by atoms with Crippen molar-refractivity contribution in [2.45, 2.75) is 42.8 Å². The lowest BCUT2D eigenvalue weighted by Crippen LogP contribution is -2.50. The van der Waals surface area contributed by atoms with E-state index in [0.29, 0.717) is 11.1 Å². The van der Waals surface area contributed by atoms with E-state index in [1.54, 1.807) is 42.5 Å². The summed E-state index contributed by atoms with van der Waals surface area (Å²) in [6.07, 6.45) is 0. The predicted octanol–water partition coefficient (Wildman–Crippen LogP) is 5.61. The van der Waals surface area contributed by atoms with Crippen LogP contribution in [-0.4, -0.2) is 36.5 Å². The normalized spacial score (nSPS) is 21.3. The Balaban J connectivity index is 1.82. The quantitative estimate of drug-likeness (QED) is 0.288. The molecule has 4 aromatic carbocycles. The van der Waals surface area contributed by atoms with Crippen molar-refractivity contribution >= 4 is 21.7 Å². The van der Waals surface area contributed by atoms with Crippen LogP contribution in [0.4, 0.5) is 0 Å². The summed E-state index contributed by atoms with van der Waals surface area (Å²) in [6.45, 7) is 3.67. The zero-order valence-corrected chi connectivity index (χ0v) is 23.2. The number of hydrogen-bond acceptors (Lipinski definition) is 4. The lowest BCUT2D eigenvalue weighted by atomic mass is 9.76. The van der Waals surface area contributed by atoms with Gasteiger partial charge in [0.2, 0.25) is 15.9 Å². The molecule has 4 atom stereocenters. The summed E-state index contributed by atoms with van der Waals surface area (Å²) < 4.78 is 30.4. The van der Waals surface area contributed by atoms with Gasteiger partial charge in [-0.2, -0.15) is 4.31 Å². The minimum Gasteiger partial charge on any atom is -0.353 e. The lowest BCUT2D eigenvalue weighted by Gasteiger charge is -2.31. The topological polar surface area (TPSA) is 83.6 Å². The number of ketones is 1. The van der Waals surface area contributed by atoms with Crippen molar-refractivity contribution < 1.29 is 18.0 Å². The van der Waals surface area contributed by atoms with Crippen molar-refractivity contribution in [1.82, 2.24) is 9.62 Å². The van der Waals surface area contributed by atoms with E-state index in [4.69, 9.17) is 0 Å². The summed E-state index contributed by atoms with van der Waals surface area (Å²) in [5, 5.41) is 2.95. The van der Waals surface area contributed by atoms with E-state index >= 15 is 0 Å². The zero-order valence-electron chi connectivity index (χ0n) is 22.4. The molecule has 1 fully saturated rings. The van der Waals surface area contributed by atoms with Crippen molar-refractivity contribution in [3.8, 4) is 0 Å². The first-order chi connectivity index (χ1) is 19.3. The second-order valence-corrected chi connectivity index (χ2v) is 12.1. The van der Waals surface area contributed by atoms with Crippen LogP contribution in [0.25, 0.3) is 0 Å². The Hall–Kier alpha value is -4.07. The molecule has 0 saturated carbocycles. The number of carbonyl (C=O) groups excluding carboxylic acids is 2. The monoisotopic (exact) mass is 552 g/mol. The van der Waals surface area contributed by atoms with E-state index < -0.39 is 39.8 Å². The molecule has 1 amide bonds. The van der Waals surface area contributed by atoms with Crippen LogP contribution in [0.3, 0.4) is 0 Å². The molecule has 204 valence electrons. The van der Waals surface area contributed by atoms with Crippen molar-refractivity contribution in [2.24, 2.45) is 5.92 Å². The lowest BCUT2D eigenvalue weighted by molar-refractivity contribution is -0.125. The standard InChI is InChI=1S/C33H32N2O4S/c1-23(2)34-33(37)31-28(24-15-7-3-8-16-24)29(32(36)26-19-11-5-12-20-26)30(25-17-9-4-10-18-25)35(31)40(38,39)27-21-13-6-14-22-27/h3-23,28-31H,1-2H3,(H,34,37). The van der Waals surface area contributed by atoms with E-state index in [1.165, 1.54) is 16.4 Å². The van der Waals surface area contributed by atoms with Crippen LogP contribution in [0.5, 0.6) is 0 Å². The van der Waals surface area contributed by atoms with Gasteiger partial charge in [-0.15, -0.1) is 0 Å². The second-order valence-electron chi connectivity index (χ2n) is 10.3. The predicted molar refractivity (Wildman–Crippen MR) is 155 cm³/mol. The van der Waals surface area contributed by atoms with Crippen molar-refractivity contribution in [1.29, 1.82) is 0 Å². The van der Waals surface area contributed by atoms with Crippen molar-refractivity contribution in [3.05, 3.63) is 138 Å². The first-order valence-corrected chi connectivity index (χ1v) is 14.8. The van der Waals surface area contributed by atoms with Gasteiger partial charge < -0.3 is 5.32 Å². The van der Waals surface area contributed by atoms with Gasteiger partial charge in [0.05, 0.1) is 16.9 Å². The van der Waals surface area contributed by atoms with Gasteiger partial charge in [0, 0.05) is 17.5 Å². The summed E-state index contributed by atoms with van der Waals surface area (Å²) in [5.41, 5.74) is 1.85. The summed E-state index contributed by atoms with van der Waals surface area (Å²) in [6, 6.07) is 33.1. The molecule has 0 spiro atoms. The first-order valence-electron chi connectivity index (χ1n) is 13.4. The minimum atomic E-state index is -4.24. The minimum absolute atomic E-state index is 0.0675. The van der Waals surface area contributed by atoms with E-state index in [-0.39, 0.29) is 16.7 Å². The second kappa shape index (κ2) is 11.6. The molecule has 1 N–H and O–H groups in total. The van der Waals surface area contributed by atoms with Gasteiger partial charge in [0.1, 0.15) is 6.04 Å². The van der Waals surface area contributed by atoms with Crippen LogP contribution in [-0.2, 0) is 14.8 Å². The summed E-state index contributed by atoms with van der Waals surface area (Å²) in [5.74, 6) is -2.26. The van der Waals surface area contributed by atoms with E-state index in [2.05, 4.69) is 5.32 Å². The highest BCUT2D eigenvalue weighted by molar-refractivity contribution is 7.89. The molecule has 6 nitrogen and oxygen atoms in total. The van der Waals surface area contributed by atoms with Crippen LogP contribution in [0, 0.1) is 5.92 Å². The summed E-state index contributed by atoms with van der Waals surface area (Å²) >= 11 is 0. The third-order valence-corrected chi connectivity index (χ3v) is 9.20. The van der Waals surface area contributed by atoms with Crippen LogP contribution < -0.4 is 5.32 Å². The van der Waals surface area contributed by atoms with E-state index in [9.17, 15) is 18.0 Å². The fourth-order valence-electron chi connectivity index (χ4n) is 5.71. The highest BCUT2D eigenvalue weighted by atomic mass is 32.2. The maximum Gasteiger partial charge on any atom is 0.244 e. The molecule has 1 saturated heterocycles. The summed E-state index contributed by atoms with van der Waals surface area (Å²) in [4.78, 5) is 28.6. The van der Waals surface area contributed by atoms with E-state index in [1.807, 2.05) is 80.6 Å². The molecule has 1 aliphatic rings. The number of hydrogen-bond donors (Lipinski definition) is 1. The Labute approximate surface area is 235 Å². The molecular formula is C33H32N2O4S. The first kappa shape index (κ1) is 27.5. The van der Waals surface area contributed by atoms with Gasteiger partial charge in [0.15, 0.2) is 5.78 Å². The Bertz CT molecular complexity index is 1560. The Morgan fingerprint density at radius 1 is 0.700 bits per heavy atom. The Morgan fingerprint density at radius 2 is 1.18 bits per heavy atom. The number of amides is 1. The Kier molecular flexibility index (Phi) is 7.96. The average Bonchev–Trinajstić information content (AvgIpc) is 3.35. The van der Waals surface area contributed by atoms with E-state index in [0.717, 1.165) is 5.56 Å². The van der Waals surface area contributed by atoms with Crippen molar-refractivity contribution in [2.75, 3.05) is 0 Å². The fourth-order valence-corrected chi connectivity index (χ4v) is 7.54. The van der Waals surface area contributed by atoms with Crippen LogP contribution in [0.1, 0.15) is 47.3 Å². The molecule has 5 rings (SSSR count). The van der Waals surface area contributed by atoms with Crippen LogP contribution in [0.15, 0.2) is 126 Å². The van der Waals surface area contributed by atoms with Gasteiger partial charge in [0.25, 0.3) is 0 Å². The van der Waals surface area contributed by atoms with Crippen LogP contribution in [0.2, 0.25) is 0 Å². The molecule has 1 aliphatic heterocycles. The molecule has 1 heterocycles. The number of carbonyl (C=O) groups is 2. The molecule has 0 aliphatic carbocycles. The fraction of sp³-hybridized carbons (Fsp3) is 0.212. The molecular weight excluding hydrogens is 520 g/mol. The molecule has 0 radical (unpaired) electrons. The van der Waals surface area contributed by atoms with Gasteiger partial charge in [-0.25, -0.2) is 8.42 Å². The number of benzene rings is 4. The number of sulfonamides is 1. The van der Waals surface area contributed by atoms with Gasteiger partial charge >= 0.3 is 0 Å². The average molecular weight is 553 g/mol. The molecule has 0 aromatic heterocycles. The number of nitrogens with one attached hydrogen (secondary N) is 1. The molecule has 7 heteroatoms. The largest absolute Gasteiger partial charge is 0.353 e. The molecule has 4 unspecified atom stereocenters. The highest BCUT2D eigenvalue weighted by Gasteiger charge is 2.59. The maximum atomic E-state index is 14.5. The highest BCUT2D eigenvalue weighted by Crippen LogP contribution is 2.53. The summed E-state index contributed by atoms with van der Waals surface area (Å²) in [7, 11) is -4.24. The third kappa shape index (κ3) is 5.22. The third-order valence-electron chi connectivity index (χ3n) is 7.32. The molecule has 4 aromatic rings.